The van der Waals surface area contributed by atoms with Crippen molar-refractivity contribution in [3.63, 3.8) is 0 Å². The zero-order chi connectivity index (χ0) is 20.6. The Morgan fingerprint density at radius 2 is 2.03 bits per heavy atom. The fraction of sp³-hybridized carbons (Fsp3) is 0.565. The summed E-state index contributed by atoms with van der Waals surface area (Å²) in [6, 6.07) is 8.59. The van der Waals surface area contributed by atoms with Crippen LogP contribution in [0.2, 0.25) is 0 Å². The Bertz CT molecular complexity index is 792. The molecule has 1 fully saturated rings. The number of likely N-dealkylation sites (tertiary alicyclic amines) is 1. The normalized spacial score (nSPS) is 16.2. The Labute approximate surface area is 179 Å². The van der Waals surface area contributed by atoms with Gasteiger partial charge in [0.2, 0.25) is 0 Å². The lowest BCUT2D eigenvalue weighted by atomic mass is 9.97. The Morgan fingerprint density at radius 1 is 1.28 bits per heavy atom. The molecule has 6 heteroatoms. The summed E-state index contributed by atoms with van der Waals surface area (Å²) in [6.45, 7) is 12.3. The molecule has 1 aromatic carbocycles. The molecule has 1 saturated heterocycles. The molecule has 0 amide bonds. The number of benzene rings is 1. The lowest BCUT2D eigenvalue weighted by molar-refractivity contribution is 0.179. The highest BCUT2D eigenvalue weighted by atomic mass is 32.1. The average molecular weight is 414 g/mol. The summed E-state index contributed by atoms with van der Waals surface area (Å²) in [5, 5.41) is 6.82. The van der Waals surface area contributed by atoms with Gasteiger partial charge in [-0.3, -0.25) is 9.89 Å². The van der Waals surface area contributed by atoms with E-state index in [1.54, 1.807) is 11.3 Å². The van der Waals surface area contributed by atoms with Gasteiger partial charge in [0.25, 0.3) is 0 Å². The minimum Gasteiger partial charge on any atom is -0.357 e. The summed E-state index contributed by atoms with van der Waals surface area (Å²) in [6.07, 6.45) is 2.43. The van der Waals surface area contributed by atoms with E-state index >= 15 is 0 Å². The van der Waals surface area contributed by atoms with Crippen molar-refractivity contribution in [2.24, 2.45) is 10.9 Å². The van der Waals surface area contributed by atoms with Gasteiger partial charge in [-0.25, -0.2) is 4.98 Å². The number of thiazole rings is 1. The van der Waals surface area contributed by atoms with Gasteiger partial charge < -0.3 is 10.2 Å². The molecule has 5 nitrogen and oxygen atoms in total. The molecule has 0 radical (unpaired) electrons. The van der Waals surface area contributed by atoms with E-state index in [-0.39, 0.29) is 0 Å². The number of aromatic nitrogens is 1. The van der Waals surface area contributed by atoms with Crippen LogP contribution < -0.4 is 5.32 Å². The second kappa shape index (κ2) is 10.7. The molecule has 0 unspecified atom stereocenters. The fourth-order valence-corrected chi connectivity index (χ4v) is 4.44. The van der Waals surface area contributed by atoms with Crippen LogP contribution in [0.4, 0.5) is 0 Å². The Morgan fingerprint density at radius 3 is 2.69 bits per heavy atom. The summed E-state index contributed by atoms with van der Waals surface area (Å²) in [4.78, 5) is 14.4. The molecule has 1 aliphatic heterocycles. The van der Waals surface area contributed by atoms with Crippen molar-refractivity contribution in [3.8, 4) is 0 Å². The minimum absolute atomic E-state index is 0.670. The van der Waals surface area contributed by atoms with E-state index in [0.717, 1.165) is 50.2 Å². The molecule has 0 atom stereocenters. The van der Waals surface area contributed by atoms with E-state index in [9.17, 15) is 0 Å². The lowest BCUT2D eigenvalue weighted by Gasteiger charge is -2.31. The number of nitrogens with zero attached hydrogens (tertiary/aromatic N) is 4. The van der Waals surface area contributed by atoms with Crippen LogP contribution in [0.1, 0.15) is 41.6 Å². The number of piperidine rings is 1. The van der Waals surface area contributed by atoms with Gasteiger partial charge in [0.05, 0.1) is 10.7 Å². The average Bonchev–Trinajstić information content (AvgIpc) is 3.12. The third-order valence-electron chi connectivity index (χ3n) is 5.62. The molecule has 0 bridgehead atoms. The van der Waals surface area contributed by atoms with E-state index in [0.29, 0.717) is 5.92 Å². The predicted molar refractivity (Wildman–Crippen MR) is 123 cm³/mol. The van der Waals surface area contributed by atoms with Crippen molar-refractivity contribution in [3.05, 3.63) is 51.5 Å². The van der Waals surface area contributed by atoms with E-state index in [1.807, 2.05) is 0 Å². The van der Waals surface area contributed by atoms with Crippen LogP contribution in [0, 0.1) is 19.8 Å². The fourth-order valence-electron chi connectivity index (χ4n) is 3.84. The van der Waals surface area contributed by atoms with Gasteiger partial charge in [-0.15, -0.1) is 11.3 Å². The molecule has 0 spiro atoms. The summed E-state index contributed by atoms with van der Waals surface area (Å²) >= 11 is 1.75. The third-order valence-corrected chi connectivity index (χ3v) is 6.45. The molecule has 1 N–H and O–H groups in total. The first kappa shape index (κ1) is 21.8. The van der Waals surface area contributed by atoms with Crippen LogP contribution in [0.5, 0.6) is 0 Å². The lowest BCUT2D eigenvalue weighted by Crippen LogP contribution is -2.39. The minimum atomic E-state index is 0.670. The van der Waals surface area contributed by atoms with Crippen molar-refractivity contribution in [1.82, 2.24) is 20.1 Å². The highest BCUT2D eigenvalue weighted by Crippen LogP contribution is 2.20. The number of hydrogen-bond acceptors (Lipinski definition) is 4. The molecule has 158 valence electrons. The SMILES string of the molecule is CCNC(=NCC1CCN(Cc2csc(C)n2)CC1)N(C)Cc1ccccc1C. The highest BCUT2D eigenvalue weighted by molar-refractivity contribution is 7.09. The van der Waals surface area contributed by atoms with E-state index in [1.165, 1.54) is 29.7 Å². The van der Waals surface area contributed by atoms with Crippen LogP contribution in [-0.4, -0.2) is 54.0 Å². The van der Waals surface area contributed by atoms with Crippen LogP contribution in [-0.2, 0) is 13.1 Å². The number of aliphatic imine (C=N–C) groups is 1. The molecule has 3 rings (SSSR count). The van der Waals surface area contributed by atoms with Crippen molar-refractivity contribution in [2.75, 3.05) is 33.2 Å². The maximum atomic E-state index is 4.98. The van der Waals surface area contributed by atoms with Gasteiger partial charge in [-0.1, -0.05) is 24.3 Å². The van der Waals surface area contributed by atoms with Crippen molar-refractivity contribution in [2.45, 2.75) is 46.7 Å². The summed E-state index contributed by atoms with van der Waals surface area (Å²) in [7, 11) is 2.13. The summed E-state index contributed by atoms with van der Waals surface area (Å²) in [5.41, 5.74) is 3.90. The topological polar surface area (TPSA) is 43.8 Å². The maximum absolute atomic E-state index is 4.98. The zero-order valence-electron chi connectivity index (χ0n) is 18.3. The number of aryl methyl sites for hydroxylation is 2. The van der Waals surface area contributed by atoms with Gasteiger partial charge in [0.15, 0.2) is 5.96 Å². The quantitative estimate of drug-likeness (QED) is 0.549. The van der Waals surface area contributed by atoms with E-state index in [2.05, 4.69) is 77.6 Å². The Balaban J connectivity index is 1.50. The van der Waals surface area contributed by atoms with E-state index in [4.69, 9.17) is 4.99 Å². The van der Waals surface area contributed by atoms with Crippen molar-refractivity contribution >= 4 is 17.3 Å². The van der Waals surface area contributed by atoms with Gasteiger partial charge >= 0.3 is 0 Å². The molecule has 1 aromatic heterocycles. The molecule has 0 saturated carbocycles. The maximum Gasteiger partial charge on any atom is 0.193 e. The molecular weight excluding hydrogens is 378 g/mol. The van der Waals surface area contributed by atoms with Crippen molar-refractivity contribution in [1.29, 1.82) is 0 Å². The summed E-state index contributed by atoms with van der Waals surface area (Å²) < 4.78 is 0. The molecule has 2 aromatic rings. The molecule has 2 heterocycles. The molecule has 0 aliphatic carbocycles. The Kier molecular flexibility index (Phi) is 8.07. The third kappa shape index (κ3) is 6.54. The van der Waals surface area contributed by atoms with Crippen LogP contribution >= 0.6 is 11.3 Å². The number of guanidine groups is 1. The van der Waals surface area contributed by atoms with Gasteiger partial charge in [0.1, 0.15) is 0 Å². The smallest absolute Gasteiger partial charge is 0.193 e. The number of hydrogen-bond donors (Lipinski definition) is 1. The number of nitrogens with one attached hydrogen (secondary N) is 1. The second-order valence-electron chi connectivity index (χ2n) is 8.05. The van der Waals surface area contributed by atoms with Crippen molar-refractivity contribution < 1.29 is 0 Å². The summed E-state index contributed by atoms with van der Waals surface area (Å²) in [5.74, 6) is 1.68. The first-order valence-electron chi connectivity index (χ1n) is 10.7. The molecular formula is C23H35N5S. The van der Waals surface area contributed by atoms with Gasteiger partial charge in [-0.05, 0) is 63.7 Å². The van der Waals surface area contributed by atoms with Crippen LogP contribution in [0.3, 0.4) is 0 Å². The highest BCUT2D eigenvalue weighted by Gasteiger charge is 2.20. The van der Waals surface area contributed by atoms with Gasteiger partial charge in [0, 0.05) is 38.6 Å². The molecule has 29 heavy (non-hydrogen) atoms. The monoisotopic (exact) mass is 413 g/mol. The van der Waals surface area contributed by atoms with Gasteiger partial charge in [-0.2, -0.15) is 0 Å². The largest absolute Gasteiger partial charge is 0.357 e. The standard InChI is InChI=1S/C23H35N5S/c1-5-24-23(27(4)15-21-9-7-6-8-18(21)2)25-14-20-10-12-28(13-11-20)16-22-17-29-19(3)26-22/h6-9,17,20H,5,10-16H2,1-4H3,(H,24,25). The van der Waals surface area contributed by atoms with E-state index < -0.39 is 0 Å². The zero-order valence-corrected chi connectivity index (χ0v) is 19.1. The Hall–Kier alpha value is -1.92. The second-order valence-corrected chi connectivity index (χ2v) is 9.12. The van der Waals surface area contributed by atoms with Crippen LogP contribution in [0.15, 0.2) is 34.6 Å². The number of rotatable bonds is 7. The first-order chi connectivity index (χ1) is 14.0. The first-order valence-corrected chi connectivity index (χ1v) is 11.6. The predicted octanol–water partition coefficient (Wildman–Crippen LogP) is 4.07. The molecule has 1 aliphatic rings. The van der Waals surface area contributed by atoms with Crippen LogP contribution in [0.25, 0.3) is 0 Å².